The van der Waals surface area contributed by atoms with Crippen LogP contribution in [0.1, 0.15) is 61.3 Å². The maximum Gasteiger partial charge on any atom is 0.303 e. The summed E-state index contributed by atoms with van der Waals surface area (Å²) in [6, 6.07) is 19.4. The van der Waals surface area contributed by atoms with E-state index in [9.17, 15) is 4.79 Å². The lowest BCUT2D eigenvalue weighted by Crippen LogP contribution is -2.44. The zero-order valence-electron chi connectivity index (χ0n) is 18.4. The maximum atomic E-state index is 11.0. The molecule has 0 saturated heterocycles. The van der Waals surface area contributed by atoms with Gasteiger partial charge in [-0.3, -0.25) is 9.69 Å². The van der Waals surface area contributed by atoms with Crippen LogP contribution in [0.5, 0.6) is 0 Å². The van der Waals surface area contributed by atoms with E-state index in [0.717, 1.165) is 32.1 Å². The summed E-state index contributed by atoms with van der Waals surface area (Å²) in [5.74, 6) is -0.221. The van der Waals surface area contributed by atoms with Gasteiger partial charge in [0.1, 0.15) is 0 Å². The van der Waals surface area contributed by atoms with Gasteiger partial charge in [-0.15, -0.1) is 12.4 Å². The van der Waals surface area contributed by atoms with Crippen molar-refractivity contribution in [3.05, 3.63) is 71.4 Å². The van der Waals surface area contributed by atoms with Crippen molar-refractivity contribution in [2.75, 3.05) is 14.1 Å². The van der Waals surface area contributed by atoms with E-state index in [-0.39, 0.29) is 24.4 Å². The first-order valence-corrected chi connectivity index (χ1v) is 11.1. The number of carboxylic acids is 1. The molecule has 3 aromatic rings. The predicted molar refractivity (Wildman–Crippen MR) is 129 cm³/mol. The molecule has 5 heteroatoms. The Morgan fingerprint density at radius 1 is 1.06 bits per heavy atom. The van der Waals surface area contributed by atoms with Gasteiger partial charge in [-0.05, 0) is 75.7 Å². The van der Waals surface area contributed by atoms with Crippen molar-refractivity contribution in [1.29, 1.82) is 0 Å². The molecule has 2 N–H and O–H groups in total. The van der Waals surface area contributed by atoms with Crippen LogP contribution in [0.2, 0.25) is 0 Å². The summed E-state index contributed by atoms with van der Waals surface area (Å²) in [6.45, 7) is 0. The number of aliphatic carboxylic acids is 1. The Hall–Kier alpha value is -2.30. The molecule has 1 heterocycles. The van der Waals surface area contributed by atoms with Gasteiger partial charge in [-0.25, -0.2) is 0 Å². The number of benzene rings is 2. The number of hydrogen-bond acceptors (Lipinski definition) is 2. The fourth-order valence-electron chi connectivity index (χ4n) is 5.38. The van der Waals surface area contributed by atoms with E-state index in [2.05, 4.69) is 78.6 Å². The molecule has 2 aromatic carbocycles. The summed E-state index contributed by atoms with van der Waals surface area (Å²) in [7, 11) is 4.40. The van der Waals surface area contributed by atoms with Crippen LogP contribution in [0.15, 0.2) is 54.6 Å². The first-order valence-electron chi connectivity index (χ1n) is 11.1. The van der Waals surface area contributed by atoms with Crippen molar-refractivity contribution < 1.29 is 9.90 Å². The molecule has 1 aliphatic carbocycles. The molecule has 31 heavy (non-hydrogen) atoms. The van der Waals surface area contributed by atoms with Crippen LogP contribution in [0, 0.1) is 0 Å². The summed E-state index contributed by atoms with van der Waals surface area (Å²) >= 11 is 0. The second-order valence-electron chi connectivity index (χ2n) is 8.88. The lowest BCUT2D eigenvalue weighted by atomic mass is 9.70. The van der Waals surface area contributed by atoms with Crippen LogP contribution in [-0.2, 0) is 16.8 Å². The normalized spacial score (nSPS) is 21.2. The number of nitrogens with one attached hydrogen (secondary N) is 1. The highest BCUT2D eigenvalue weighted by Crippen LogP contribution is 2.47. The molecule has 0 radical (unpaired) electrons. The third kappa shape index (κ3) is 4.65. The molecule has 0 bridgehead atoms. The topological polar surface area (TPSA) is 56.3 Å². The molecule has 1 aliphatic rings. The van der Waals surface area contributed by atoms with Gasteiger partial charge >= 0.3 is 5.97 Å². The fraction of sp³-hybridized carbons (Fsp3) is 0.423. The molecule has 1 aromatic heterocycles. The van der Waals surface area contributed by atoms with Gasteiger partial charge in [0.2, 0.25) is 0 Å². The molecule has 1 fully saturated rings. The van der Waals surface area contributed by atoms with Crippen LogP contribution in [0.3, 0.4) is 0 Å². The number of aromatic nitrogens is 1. The molecule has 0 unspecified atom stereocenters. The molecule has 4 nitrogen and oxygen atoms in total. The summed E-state index contributed by atoms with van der Waals surface area (Å²) in [5.41, 5.74) is 5.33. The van der Waals surface area contributed by atoms with Crippen molar-refractivity contribution in [2.24, 2.45) is 0 Å². The number of H-pyrrole nitrogens is 1. The van der Waals surface area contributed by atoms with E-state index in [1.54, 1.807) is 0 Å². The monoisotopic (exact) mass is 440 g/mol. The molecule has 1 saturated carbocycles. The first-order chi connectivity index (χ1) is 14.5. The summed E-state index contributed by atoms with van der Waals surface area (Å²) < 4.78 is 0. The quantitative estimate of drug-likeness (QED) is 0.465. The largest absolute Gasteiger partial charge is 0.481 e. The van der Waals surface area contributed by atoms with E-state index in [4.69, 9.17) is 5.11 Å². The van der Waals surface area contributed by atoms with Crippen molar-refractivity contribution in [2.45, 2.75) is 56.4 Å². The Kier molecular flexibility index (Phi) is 7.45. The molecule has 0 atom stereocenters. The average molecular weight is 441 g/mol. The molecule has 0 aliphatic heterocycles. The van der Waals surface area contributed by atoms with Crippen LogP contribution < -0.4 is 0 Å². The second kappa shape index (κ2) is 9.88. The predicted octanol–water partition coefficient (Wildman–Crippen LogP) is 6.11. The SMILES string of the molecule is CN(C)C1(c2ccccc2)CCC(c2[nH]c3ccccc3c2CCCC(=O)O)CC1.Cl. The second-order valence-corrected chi connectivity index (χ2v) is 8.88. The third-order valence-corrected chi connectivity index (χ3v) is 7.05. The Morgan fingerprint density at radius 2 is 1.71 bits per heavy atom. The highest BCUT2D eigenvalue weighted by molar-refractivity contribution is 5.85. The minimum absolute atomic E-state index is 0. The number of carbonyl (C=O) groups is 1. The van der Waals surface area contributed by atoms with Gasteiger partial charge in [0.15, 0.2) is 0 Å². The molecule has 0 amide bonds. The lowest BCUT2D eigenvalue weighted by Gasteiger charge is -2.45. The number of hydrogen-bond donors (Lipinski definition) is 2. The minimum Gasteiger partial charge on any atom is -0.481 e. The number of carboxylic acid groups (broad SMARTS) is 1. The molecule has 0 spiro atoms. The maximum absolute atomic E-state index is 11.0. The van der Waals surface area contributed by atoms with E-state index in [1.165, 1.54) is 27.7 Å². The van der Waals surface area contributed by atoms with Crippen molar-refractivity contribution in [3.8, 4) is 0 Å². The van der Waals surface area contributed by atoms with E-state index in [1.807, 2.05) is 0 Å². The number of aryl methyl sites for hydroxylation is 1. The highest BCUT2D eigenvalue weighted by Gasteiger charge is 2.39. The van der Waals surface area contributed by atoms with Crippen LogP contribution in [0.25, 0.3) is 10.9 Å². The lowest BCUT2D eigenvalue weighted by molar-refractivity contribution is -0.137. The zero-order chi connectivity index (χ0) is 21.1. The first kappa shape index (κ1) is 23.4. The smallest absolute Gasteiger partial charge is 0.303 e. The van der Waals surface area contributed by atoms with Gasteiger partial charge in [-0.1, -0.05) is 48.5 Å². The number of halogens is 1. The van der Waals surface area contributed by atoms with Gasteiger partial charge < -0.3 is 10.1 Å². The van der Waals surface area contributed by atoms with Gasteiger partial charge in [-0.2, -0.15) is 0 Å². The number of fused-ring (bicyclic) bond motifs is 1. The average Bonchev–Trinajstić information content (AvgIpc) is 3.13. The van der Waals surface area contributed by atoms with Gasteiger partial charge in [0.05, 0.1) is 0 Å². The van der Waals surface area contributed by atoms with Crippen molar-refractivity contribution in [1.82, 2.24) is 9.88 Å². The Bertz CT molecular complexity index is 1000. The van der Waals surface area contributed by atoms with E-state index < -0.39 is 5.97 Å². The van der Waals surface area contributed by atoms with Crippen LogP contribution in [0.4, 0.5) is 0 Å². The number of nitrogens with zero attached hydrogens (tertiary/aromatic N) is 1. The Morgan fingerprint density at radius 3 is 2.35 bits per heavy atom. The highest BCUT2D eigenvalue weighted by atomic mass is 35.5. The Labute approximate surface area is 191 Å². The van der Waals surface area contributed by atoms with E-state index >= 15 is 0 Å². The van der Waals surface area contributed by atoms with E-state index in [0.29, 0.717) is 12.3 Å². The van der Waals surface area contributed by atoms with Gasteiger partial charge in [0, 0.05) is 28.6 Å². The minimum atomic E-state index is -0.715. The Balaban J connectivity index is 0.00000272. The van der Waals surface area contributed by atoms with Crippen LogP contribution in [-0.4, -0.2) is 35.1 Å². The number of aromatic amines is 1. The number of rotatable bonds is 7. The number of para-hydroxylation sites is 1. The summed E-state index contributed by atoms with van der Waals surface area (Å²) in [5, 5.41) is 10.3. The third-order valence-electron chi connectivity index (χ3n) is 7.05. The van der Waals surface area contributed by atoms with Crippen molar-refractivity contribution in [3.63, 3.8) is 0 Å². The standard InChI is InChI=1S/C26H32N2O2.ClH/c1-28(2)26(20-9-4-3-5-10-20)17-15-19(16-18-26)25-22(12-8-14-24(29)30)21-11-6-7-13-23(21)27-25;/h3-7,9-11,13,19,27H,8,12,14-18H2,1-2H3,(H,29,30);1H. The summed E-state index contributed by atoms with van der Waals surface area (Å²) in [4.78, 5) is 17.1. The van der Waals surface area contributed by atoms with Crippen LogP contribution >= 0.6 is 12.4 Å². The van der Waals surface area contributed by atoms with Gasteiger partial charge in [0.25, 0.3) is 0 Å². The molecular weight excluding hydrogens is 408 g/mol. The molecular formula is C26H33ClN2O2. The summed E-state index contributed by atoms with van der Waals surface area (Å²) in [6.07, 6.45) is 6.23. The molecule has 4 rings (SSSR count). The fourth-order valence-corrected chi connectivity index (χ4v) is 5.38. The van der Waals surface area contributed by atoms with Crippen molar-refractivity contribution >= 4 is 29.3 Å². The zero-order valence-corrected chi connectivity index (χ0v) is 19.3. The molecule has 166 valence electrons.